The largest absolute Gasteiger partial charge is 0.256 e. The molecule has 1 aliphatic rings. The van der Waals surface area contributed by atoms with Gasteiger partial charge in [0.15, 0.2) is 0 Å². The van der Waals surface area contributed by atoms with Crippen LogP contribution in [0.3, 0.4) is 0 Å². The van der Waals surface area contributed by atoms with E-state index in [-0.39, 0.29) is 16.2 Å². The van der Waals surface area contributed by atoms with Crippen molar-refractivity contribution in [3.05, 3.63) is 60.3 Å². The molecule has 156 valence electrons. The summed E-state index contributed by atoms with van der Waals surface area (Å²) in [7, 11) is 0. The Bertz CT molecular complexity index is 1050. The van der Waals surface area contributed by atoms with E-state index in [1.807, 2.05) is 43.1 Å². The molecule has 0 bridgehead atoms. The first-order valence-electron chi connectivity index (χ1n) is 10.5. The Kier molecular flexibility index (Phi) is 5.88. The summed E-state index contributed by atoms with van der Waals surface area (Å²) < 4.78 is 5.96. The summed E-state index contributed by atoms with van der Waals surface area (Å²) in [4.78, 5) is 19.0. The first kappa shape index (κ1) is 20.9. The molecule has 1 unspecified atom stereocenters. The number of ether oxygens (including phenoxy) is 1. The van der Waals surface area contributed by atoms with Crippen molar-refractivity contribution in [3.63, 3.8) is 0 Å². The minimum Gasteiger partial charge on any atom is -0.256 e. The van der Waals surface area contributed by atoms with E-state index in [0.717, 1.165) is 42.6 Å². The fourth-order valence-electron chi connectivity index (χ4n) is 4.09. The second-order valence-corrected chi connectivity index (χ2v) is 11.7. The molecule has 2 heterocycles. The molecular formula is C25H29AsN2O2. The van der Waals surface area contributed by atoms with Crippen LogP contribution in [0.15, 0.2) is 54.7 Å². The van der Waals surface area contributed by atoms with E-state index in [2.05, 4.69) is 42.2 Å². The number of piperidine rings is 1. The predicted molar refractivity (Wildman–Crippen MR) is 125 cm³/mol. The number of pyridine rings is 1. The van der Waals surface area contributed by atoms with Gasteiger partial charge in [0.25, 0.3) is 0 Å². The van der Waals surface area contributed by atoms with Gasteiger partial charge in [-0.3, -0.25) is 4.98 Å². The maximum absolute atomic E-state index is 12.5. The Morgan fingerprint density at radius 2 is 1.80 bits per heavy atom. The van der Waals surface area contributed by atoms with Crippen LogP contribution in [0, 0.1) is 6.92 Å². The molecule has 1 fully saturated rings. The molecule has 1 saturated heterocycles. The van der Waals surface area contributed by atoms with Gasteiger partial charge in [-0.05, 0) is 18.6 Å². The number of likely N-dealkylation sites (tertiary alicyclic amines) is 1. The molecule has 5 heteroatoms. The molecule has 0 radical (unpaired) electrons. The van der Waals surface area contributed by atoms with E-state index in [1.165, 1.54) is 33.5 Å². The van der Waals surface area contributed by atoms with E-state index in [0.29, 0.717) is 0 Å². The smallest absolute Gasteiger partial charge is 0.0737 e. The molecule has 0 aliphatic carbocycles. The van der Waals surface area contributed by atoms with Gasteiger partial charge >= 0.3 is 128 Å². The number of rotatable bonds is 4. The summed E-state index contributed by atoms with van der Waals surface area (Å²) in [5, 5.41) is 1.16. The van der Waals surface area contributed by atoms with Crippen LogP contribution in [0.25, 0.3) is 22.0 Å². The number of aromatic nitrogens is 1. The van der Waals surface area contributed by atoms with E-state index in [4.69, 9.17) is 4.74 Å². The third-order valence-electron chi connectivity index (χ3n) is 5.78. The molecule has 1 aliphatic heterocycles. The number of fused-ring (bicyclic) bond motifs is 1. The van der Waals surface area contributed by atoms with Gasteiger partial charge in [0, 0.05) is 11.6 Å². The summed E-state index contributed by atoms with van der Waals surface area (Å²) in [6.45, 7) is 7.69. The van der Waals surface area contributed by atoms with Crippen molar-refractivity contribution in [2.75, 3.05) is 13.1 Å². The van der Waals surface area contributed by atoms with E-state index < -0.39 is 0 Å². The Labute approximate surface area is 187 Å². The molecule has 4 nitrogen and oxygen atoms in total. The Balaban J connectivity index is 1.42. The van der Waals surface area contributed by atoms with E-state index in [1.54, 1.807) is 0 Å². The number of amides is 1. The van der Waals surface area contributed by atoms with Gasteiger partial charge in [-0.25, -0.2) is 0 Å². The molecule has 4 rings (SSSR count). The minimum absolute atomic E-state index is 0.164. The first-order valence-corrected chi connectivity index (χ1v) is 11.7. The van der Waals surface area contributed by atoms with Crippen LogP contribution >= 0.6 is 0 Å². The number of hydrogen-bond acceptors (Lipinski definition) is 3. The van der Waals surface area contributed by atoms with Crippen LogP contribution in [0.5, 0.6) is 5.75 Å². The van der Waals surface area contributed by atoms with Crippen LogP contribution in [-0.2, 0) is 4.79 Å². The number of carbonyl (C=O) groups is 1. The van der Waals surface area contributed by atoms with Gasteiger partial charge in [-0.1, -0.05) is 18.2 Å². The average molecular weight is 464 g/mol. The monoisotopic (exact) mass is 464 g/mol. The summed E-state index contributed by atoms with van der Waals surface area (Å²) in [6, 6.07) is 16.7. The standard InChI is InChI=1S/C25H29AsN2O2/c1-17-22(11-8-19-5-4-14-27-23(17)19)18-6-9-20(10-7-18)30-21-12-15-28(16-13-21)24(29)25(2,3)26/h4-11,14,21H,12-13,15-16,26H2,1-3H3. The maximum Gasteiger partial charge on any atom is 0.0737 e. The van der Waals surface area contributed by atoms with Crippen molar-refractivity contribution < 1.29 is 9.53 Å². The first-order chi connectivity index (χ1) is 14.3. The Hall–Kier alpha value is -2.32. The van der Waals surface area contributed by atoms with Crippen LogP contribution in [0.4, 0.5) is 0 Å². The van der Waals surface area contributed by atoms with Crippen molar-refractivity contribution in [2.45, 2.75) is 43.9 Å². The van der Waals surface area contributed by atoms with Gasteiger partial charge in [-0.15, -0.1) is 0 Å². The van der Waals surface area contributed by atoms with Crippen molar-refractivity contribution >= 4 is 33.7 Å². The van der Waals surface area contributed by atoms with Gasteiger partial charge in [0.2, 0.25) is 0 Å². The number of hydrogen-bond donors (Lipinski definition) is 0. The third-order valence-corrected chi connectivity index (χ3v) is 6.29. The van der Waals surface area contributed by atoms with E-state index >= 15 is 0 Å². The van der Waals surface area contributed by atoms with Gasteiger partial charge in [0.1, 0.15) is 0 Å². The number of benzene rings is 2. The summed E-state index contributed by atoms with van der Waals surface area (Å²) in [6.07, 6.45) is 3.77. The molecular weight excluding hydrogens is 435 g/mol. The predicted octanol–water partition coefficient (Wildman–Crippen LogP) is 4.41. The molecule has 0 saturated carbocycles. The molecule has 2 aromatic carbocycles. The van der Waals surface area contributed by atoms with Crippen LogP contribution in [0.2, 0.25) is 4.20 Å². The van der Waals surface area contributed by atoms with Crippen molar-refractivity contribution in [1.29, 1.82) is 0 Å². The van der Waals surface area contributed by atoms with Crippen molar-refractivity contribution in [3.8, 4) is 16.9 Å². The SMILES string of the molecule is Cc1c(-c2ccc(OC3CCN(C(=O)C(C)(C)[AsH2])CC3)cc2)ccc2cccnc12. The van der Waals surface area contributed by atoms with Crippen LogP contribution < -0.4 is 4.74 Å². The summed E-state index contributed by atoms with van der Waals surface area (Å²) in [5.74, 6) is 1.14. The fraction of sp³-hybridized carbons (Fsp3) is 0.360. The number of carbonyl (C=O) groups excluding carboxylic acids is 1. The second kappa shape index (κ2) is 8.43. The topological polar surface area (TPSA) is 42.4 Å². The molecule has 1 atom stereocenters. The Morgan fingerprint density at radius 3 is 2.47 bits per heavy atom. The van der Waals surface area contributed by atoms with E-state index in [9.17, 15) is 4.79 Å². The summed E-state index contributed by atoms with van der Waals surface area (Å²) in [5.41, 5.74) is 4.61. The average Bonchev–Trinajstić information content (AvgIpc) is 2.74. The molecule has 1 amide bonds. The normalized spacial score (nSPS) is 15.4. The Morgan fingerprint density at radius 1 is 1.10 bits per heavy atom. The van der Waals surface area contributed by atoms with Gasteiger partial charge in [-0.2, -0.15) is 0 Å². The van der Waals surface area contributed by atoms with Gasteiger partial charge < -0.3 is 0 Å². The van der Waals surface area contributed by atoms with Crippen molar-refractivity contribution in [1.82, 2.24) is 9.88 Å². The van der Waals surface area contributed by atoms with Crippen molar-refractivity contribution in [2.24, 2.45) is 0 Å². The van der Waals surface area contributed by atoms with Crippen LogP contribution in [-0.4, -0.2) is 51.8 Å². The maximum atomic E-state index is 12.5. The zero-order valence-corrected chi connectivity index (χ0v) is 20.3. The quantitative estimate of drug-likeness (QED) is 0.538. The molecule has 0 spiro atoms. The second-order valence-electron chi connectivity index (χ2n) is 8.67. The molecule has 3 aromatic rings. The summed E-state index contributed by atoms with van der Waals surface area (Å²) >= 11 is 1.48. The molecule has 30 heavy (non-hydrogen) atoms. The van der Waals surface area contributed by atoms with Gasteiger partial charge in [0.05, 0.1) is 5.52 Å². The fourth-order valence-corrected chi connectivity index (χ4v) is 4.48. The zero-order valence-electron chi connectivity index (χ0n) is 17.9. The minimum atomic E-state index is -0.257. The third kappa shape index (κ3) is 4.39. The molecule has 0 N–H and O–H groups in total. The zero-order chi connectivity index (χ0) is 21.3. The number of nitrogens with zero attached hydrogens (tertiary/aromatic N) is 2. The number of aryl methyl sites for hydroxylation is 1. The molecule has 1 aromatic heterocycles. The van der Waals surface area contributed by atoms with Crippen LogP contribution in [0.1, 0.15) is 32.3 Å².